The topological polar surface area (TPSA) is 78.5 Å². The van der Waals surface area contributed by atoms with Crippen LogP contribution in [-0.2, 0) is 16.6 Å². The van der Waals surface area contributed by atoms with Crippen molar-refractivity contribution in [1.82, 2.24) is 14.9 Å². The molecule has 7 heteroatoms. The number of hydrogen-bond acceptors (Lipinski definition) is 3. The van der Waals surface area contributed by atoms with Crippen LogP contribution in [0.3, 0.4) is 0 Å². The van der Waals surface area contributed by atoms with Gasteiger partial charge in [0.1, 0.15) is 0 Å². The largest absolute Gasteiger partial charge is 0.334 e. The molecule has 29 heavy (non-hydrogen) atoms. The highest BCUT2D eigenvalue weighted by molar-refractivity contribution is 7.89. The molecule has 6 nitrogen and oxygen atoms in total. The van der Waals surface area contributed by atoms with Gasteiger partial charge in [0.25, 0.3) is 0 Å². The number of nitrogens with zero attached hydrogens (tertiary/aromatic N) is 1. The van der Waals surface area contributed by atoms with Gasteiger partial charge in [-0.15, -0.1) is 0 Å². The minimum absolute atomic E-state index is 0.148. The van der Waals surface area contributed by atoms with E-state index in [1.807, 2.05) is 38.1 Å². The van der Waals surface area contributed by atoms with Crippen molar-refractivity contribution in [2.75, 3.05) is 13.1 Å². The first-order valence-corrected chi connectivity index (χ1v) is 11.5. The molecule has 1 aliphatic heterocycles. The summed E-state index contributed by atoms with van der Waals surface area (Å²) in [7, 11) is -3.55. The fraction of sp³-hybridized carbons (Fsp3) is 0.409. The molecule has 1 atom stereocenters. The monoisotopic (exact) mass is 415 g/mol. The van der Waals surface area contributed by atoms with E-state index in [9.17, 15) is 13.2 Å². The fourth-order valence-electron chi connectivity index (χ4n) is 3.72. The number of piperidine rings is 1. The molecule has 3 rings (SSSR count). The van der Waals surface area contributed by atoms with Crippen LogP contribution in [0.1, 0.15) is 48.9 Å². The van der Waals surface area contributed by atoms with Crippen LogP contribution in [0, 0.1) is 6.92 Å². The van der Waals surface area contributed by atoms with Gasteiger partial charge in [-0.25, -0.2) is 13.2 Å². The number of aryl methyl sites for hydroxylation is 1. The van der Waals surface area contributed by atoms with E-state index < -0.39 is 10.0 Å². The number of amides is 2. The summed E-state index contributed by atoms with van der Waals surface area (Å²) in [4.78, 5) is 12.7. The van der Waals surface area contributed by atoms with E-state index in [0.717, 1.165) is 30.4 Å². The third-order valence-corrected chi connectivity index (χ3v) is 7.35. The summed E-state index contributed by atoms with van der Waals surface area (Å²) in [5.41, 5.74) is 2.76. The van der Waals surface area contributed by atoms with Crippen LogP contribution in [-0.4, -0.2) is 31.8 Å². The first kappa shape index (κ1) is 21.3. The maximum Gasteiger partial charge on any atom is 0.315 e. The van der Waals surface area contributed by atoms with Crippen molar-refractivity contribution in [1.29, 1.82) is 0 Å². The summed E-state index contributed by atoms with van der Waals surface area (Å²) >= 11 is 0. The van der Waals surface area contributed by atoms with E-state index >= 15 is 0 Å². The van der Waals surface area contributed by atoms with Crippen molar-refractivity contribution < 1.29 is 13.2 Å². The second kappa shape index (κ2) is 9.41. The lowest BCUT2D eigenvalue weighted by atomic mass is 10.0. The van der Waals surface area contributed by atoms with Crippen LogP contribution in [0.5, 0.6) is 0 Å². The molecule has 1 fully saturated rings. The Kier molecular flexibility index (Phi) is 6.92. The fourth-order valence-corrected chi connectivity index (χ4v) is 5.46. The molecule has 2 amide bonds. The van der Waals surface area contributed by atoms with Gasteiger partial charge in [-0.3, -0.25) is 0 Å². The number of carbonyl (C=O) groups is 1. The van der Waals surface area contributed by atoms with Crippen LogP contribution >= 0.6 is 0 Å². The number of sulfonamides is 1. The van der Waals surface area contributed by atoms with Crippen LogP contribution in [0.4, 0.5) is 4.79 Å². The first-order chi connectivity index (χ1) is 13.9. The molecule has 1 saturated heterocycles. The Bertz CT molecular complexity index is 953. The minimum Gasteiger partial charge on any atom is -0.334 e. The molecule has 0 aliphatic carbocycles. The summed E-state index contributed by atoms with van der Waals surface area (Å²) in [6.45, 7) is 5.19. The van der Waals surface area contributed by atoms with Crippen molar-refractivity contribution in [3.63, 3.8) is 0 Å². The van der Waals surface area contributed by atoms with E-state index in [1.165, 1.54) is 0 Å². The van der Waals surface area contributed by atoms with Gasteiger partial charge in [0.05, 0.1) is 10.9 Å². The molecule has 1 unspecified atom stereocenters. The number of nitrogens with one attached hydrogen (secondary N) is 2. The Morgan fingerprint density at radius 3 is 2.41 bits per heavy atom. The third kappa shape index (κ3) is 5.16. The molecule has 156 valence electrons. The molecular weight excluding hydrogens is 386 g/mol. The molecule has 2 aromatic rings. The van der Waals surface area contributed by atoms with Crippen molar-refractivity contribution in [3.05, 3.63) is 65.2 Å². The lowest BCUT2D eigenvalue weighted by molar-refractivity contribution is 0.237. The van der Waals surface area contributed by atoms with Crippen LogP contribution in [0.25, 0.3) is 0 Å². The van der Waals surface area contributed by atoms with Crippen molar-refractivity contribution in [2.45, 2.75) is 50.6 Å². The average molecular weight is 416 g/mol. The molecule has 2 aromatic carbocycles. The Hall–Kier alpha value is -2.38. The SMILES string of the molecule is Cc1ccccc1C(C)NC(=O)NCc1ccccc1S(=O)(=O)N1CCCCC1. The van der Waals surface area contributed by atoms with Crippen LogP contribution in [0.2, 0.25) is 0 Å². The van der Waals surface area contributed by atoms with E-state index in [0.29, 0.717) is 18.7 Å². The molecule has 0 radical (unpaired) electrons. The normalized spacial score (nSPS) is 16.2. The third-order valence-electron chi connectivity index (χ3n) is 5.35. The molecule has 2 N–H and O–H groups in total. The number of hydrogen-bond donors (Lipinski definition) is 2. The summed E-state index contributed by atoms with van der Waals surface area (Å²) in [6, 6.07) is 14.3. The van der Waals surface area contributed by atoms with E-state index in [2.05, 4.69) is 10.6 Å². The second-order valence-electron chi connectivity index (χ2n) is 7.48. The van der Waals surface area contributed by atoms with Gasteiger partial charge in [0.2, 0.25) is 10.0 Å². The molecule has 1 aliphatic rings. The number of carbonyl (C=O) groups excluding carboxylic acids is 1. The van der Waals surface area contributed by atoms with Crippen molar-refractivity contribution in [3.8, 4) is 0 Å². The zero-order valence-corrected chi connectivity index (χ0v) is 17.8. The zero-order valence-electron chi connectivity index (χ0n) is 17.0. The van der Waals surface area contributed by atoms with Gasteiger partial charge in [-0.2, -0.15) is 4.31 Å². The highest BCUT2D eigenvalue weighted by atomic mass is 32.2. The lowest BCUT2D eigenvalue weighted by Crippen LogP contribution is -2.38. The predicted octanol–water partition coefficient (Wildman–Crippen LogP) is 3.73. The smallest absolute Gasteiger partial charge is 0.315 e. The van der Waals surface area contributed by atoms with Gasteiger partial charge < -0.3 is 10.6 Å². The zero-order chi connectivity index (χ0) is 20.9. The van der Waals surface area contributed by atoms with Gasteiger partial charge in [0.15, 0.2) is 0 Å². The Morgan fingerprint density at radius 1 is 1.03 bits per heavy atom. The molecule has 0 aromatic heterocycles. The van der Waals surface area contributed by atoms with Crippen molar-refractivity contribution >= 4 is 16.1 Å². The number of rotatable bonds is 6. The molecule has 0 spiro atoms. The Morgan fingerprint density at radius 2 is 1.69 bits per heavy atom. The molecule has 0 saturated carbocycles. The lowest BCUT2D eigenvalue weighted by Gasteiger charge is -2.27. The van der Waals surface area contributed by atoms with E-state index in [1.54, 1.807) is 28.6 Å². The van der Waals surface area contributed by atoms with E-state index in [4.69, 9.17) is 0 Å². The maximum absolute atomic E-state index is 13.1. The molecular formula is C22H29N3O3S. The second-order valence-corrected chi connectivity index (χ2v) is 9.38. The first-order valence-electron chi connectivity index (χ1n) is 10.1. The standard InChI is InChI=1S/C22H29N3O3S/c1-17-10-4-6-12-20(17)18(2)24-22(26)23-16-19-11-5-7-13-21(19)29(27,28)25-14-8-3-9-15-25/h4-7,10-13,18H,3,8-9,14-16H2,1-2H3,(H2,23,24,26). The molecule has 0 bridgehead atoms. The van der Waals surface area contributed by atoms with Crippen LogP contribution < -0.4 is 10.6 Å². The van der Waals surface area contributed by atoms with Gasteiger partial charge >= 0.3 is 6.03 Å². The summed E-state index contributed by atoms with van der Waals surface area (Å²) in [5.74, 6) is 0. The summed E-state index contributed by atoms with van der Waals surface area (Å²) in [5, 5.41) is 5.72. The van der Waals surface area contributed by atoms with Gasteiger partial charge in [-0.05, 0) is 49.4 Å². The Balaban J connectivity index is 1.67. The average Bonchev–Trinajstić information content (AvgIpc) is 2.73. The number of benzene rings is 2. The quantitative estimate of drug-likeness (QED) is 0.755. The summed E-state index contributed by atoms with van der Waals surface area (Å²) in [6.07, 6.45) is 2.84. The Labute approximate surface area is 173 Å². The highest BCUT2D eigenvalue weighted by Gasteiger charge is 2.27. The highest BCUT2D eigenvalue weighted by Crippen LogP contribution is 2.23. The van der Waals surface area contributed by atoms with Crippen LogP contribution in [0.15, 0.2) is 53.4 Å². The molecule has 1 heterocycles. The minimum atomic E-state index is -3.55. The van der Waals surface area contributed by atoms with E-state index in [-0.39, 0.29) is 23.5 Å². The van der Waals surface area contributed by atoms with Gasteiger partial charge in [0, 0.05) is 19.6 Å². The maximum atomic E-state index is 13.1. The van der Waals surface area contributed by atoms with Crippen molar-refractivity contribution in [2.24, 2.45) is 0 Å². The summed E-state index contributed by atoms with van der Waals surface area (Å²) < 4.78 is 27.7. The van der Waals surface area contributed by atoms with Gasteiger partial charge in [-0.1, -0.05) is 48.9 Å². The number of urea groups is 1. The predicted molar refractivity (Wildman–Crippen MR) is 114 cm³/mol.